The van der Waals surface area contributed by atoms with Crippen LogP contribution in [0.15, 0.2) is 52.9 Å². The summed E-state index contributed by atoms with van der Waals surface area (Å²) in [5.41, 5.74) is 4.19. The molecule has 6 heteroatoms. The lowest BCUT2D eigenvalue weighted by Crippen LogP contribution is -2.21. The van der Waals surface area contributed by atoms with Crippen LogP contribution in [0.5, 0.6) is 0 Å². The van der Waals surface area contributed by atoms with Gasteiger partial charge in [-0.3, -0.25) is 9.69 Å². The van der Waals surface area contributed by atoms with Gasteiger partial charge in [0.1, 0.15) is 17.4 Å². The van der Waals surface area contributed by atoms with E-state index in [2.05, 4.69) is 48.0 Å². The van der Waals surface area contributed by atoms with Crippen LogP contribution in [0.3, 0.4) is 0 Å². The van der Waals surface area contributed by atoms with E-state index in [4.69, 9.17) is 4.42 Å². The van der Waals surface area contributed by atoms with Crippen LogP contribution in [0.4, 0.5) is 4.39 Å². The minimum atomic E-state index is -0.232. The standard InChI is InChI=1S/C27H33FN2O2S/c1-4-30(5-2)17-22-9-13-23(14-10-22)27-29-26(20(3)32-27)19-33-18-25(31)8-6-7-21-11-15-24(28)16-12-21/h9-16H,4-8,17-19H2,1-3H3. The normalized spacial score (nSPS) is 11.3. The molecule has 0 saturated heterocycles. The molecular weight excluding hydrogens is 435 g/mol. The lowest BCUT2D eigenvalue weighted by molar-refractivity contribution is -0.116. The van der Waals surface area contributed by atoms with E-state index in [0.29, 0.717) is 23.8 Å². The molecule has 0 saturated carbocycles. The van der Waals surface area contributed by atoms with Gasteiger partial charge in [-0.15, -0.1) is 11.8 Å². The first-order valence-corrected chi connectivity index (χ1v) is 12.8. The average Bonchev–Trinajstić information content (AvgIpc) is 3.19. The lowest BCUT2D eigenvalue weighted by Gasteiger charge is -2.17. The van der Waals surface area contributed by atoms with E-state index in [0.717, 1.165) is 55.1 Å². The van der Waals surface area contributed by atoms with Gasteiger partial charge in [0.2, 0.25) is 5.89 Å². The van der Waals surface area contributed by atoms with Crippen molar-refractivity contribution in [2.24, 2.45) is 0 Å². The monoisotopic (exact) mass is 468 g/mol. The summed E-state index contributed by atoms with van der Waals surface area (Å²) in [5, 5.41) is 0. The third-order valence-corrected chi connectivity index (χ3v) is 6.73. The maximum absolute atomic E-state index is 13.0. The van der Waals surface area contributed by atoms with Crippen LogP contribution in [0.25, 0.3) is 11.5 Å². The van der Waals surface area contributed by atoms with Crippen LogP contribution in [-0.4, -0.2) is 34.5 Å². The molecule has 176 valence electrons. The molecule has 0 N–H and O–H groups in total. The van der Waals surface area contributed by atoms with E-state index in [1.54, 1.807) is 23.9 Å². The van der Waals surface area contributed by atoms with Crippen molar-refractivity contribution in [3.05, 3.63) is 76.9 Å². The second kappa shape index (κ2) is 12.7. The van der Waals surface area contributed by atoms with Crippen molar-refractivity contribution >= 4 is 17.5 Å². The molecule has 0 aliphatic rings. The Balaban J connectivity index is 1.44. The summed E-state index contributed by atoms with van der Waals surface area (Å²) in [6, 6.07) is 14.9. The van der Waals surface area contributed by atoms with Crippen molar-refractivity contribution in [2.75, 3.05) is 18.8 Å². The first-order chi connectivity index (χ1) is 16.0. The Morgan fingerprint density at radius 3 is 2.36 bits per heavy atom. The fourth-order valence-electron chi connectivity index (χ4n) is 3.62. The third-order valence-electron chi connectivity index (χ3n) is 5.73. The molecule has 2 aromatic carbocycles. The summed E-state index contributed by atoms with van der Waals surface area (Å²) in [7, 11) is 0. The van der Waals surface area contributed by atoms with Gasteiger partial charge in [-0.25, -0.2) is 9.37 Å². The molecule has 0 unspecified atom stereocenters. The Morgan fingerprint density at radius 2 is 1.70 bits per heavy atom. The molecule has 4 nitrogen and oxygen atoms in total. The summed E-state index contributed by atoms with van der Waals surface area (Å²) in [4.78, 5) is 19.3. The second-order valence-corrected chi connectivity index (χ2v) is 9.18. The molecule has 0 spiro atoms. The van der Waals surface area contributed by atoms with Gasteiger partial charge in [0.05, 0.1) is 11.4 Å². The van der Waals surface area contributed by atoms with Crippen molar-refractivity contribution in [2.45, 2.75) is 52.3 Å². The number of oxazole rings is 1. The molecule has 3 rings (SSSR count). The van der Waals surface area contributed by atoms with Gasteiger partial charge >= 0.3 is 0 Å². The van der Waals surface area contributed by atoms with Crippen LogP contribution in [-0.2, 0) is 23.5 Å². The van der Waals surface area contributed by atoms with E-state index in [-0.39, 0.29) is 11.6 Å². The molecule has 0 aliphatic carbocycles. The molecule has 33 heavy (non-hydrogen) atoms. The second-order valence-electron chi connectivity index (χ2n) is 8.19. The van der Waals surface area contributed by atoms with Crippen LogP contribution in [0.2, 0.25) is 0 Å². The van der Waals surface area contributed by atoms with Gasteiger partial charge in [-0.2, -0.15) is 0 Å². The summed E-state index contributed by atoms with van der Waals surface area (Å²) < 4.78 is 18.9. The van der Waals surface area contributed by atoms with Gasteiger partial charge in [0.25, 0.3) is 0 Å². The molecule has 0 aliphatic heterocycles. The Bertz CT molecular complexity index is 1010. The SMILES string of the molecule is CCN(CC)Cc1ccc(-c2nc(CSCC(=O)CCCc3ccc(F)cc3)c(C)o2)cc1. The number of thioether (sulfide) groups is 1. The highest BCUT2D eigenvalue weighted by Gasteiger charge is 2.13. The number of ketones is 1. The Morgan fingerprint density at radius 1 is 1.03 bits per heavy atom. The molecular formula is C27H33FN2O2S. The van der Waals surface area contributed by atoms with Crippen molar-refractivity contribution in [3.8, 4) is 11.5 Å². The maximum Gasteiger partial charge on any atom is 0.226 e. The fourth-order valence-corrected chi connectivity index (χ4v) is 4.55. The number of benzene rings is 2. The Labute approximate surface area is 200 Å². The van der Waals surface area contributed by atoms with Gasteiger partial charge in [-0.1, -0.05) is 38.1 Å². The topological polar surface area (TPSA) is 46.3 Å². The Kier molecular flexibility index (Phi) is 9.70. The molecule has 0 atom stereocenters. The number of aromatic nitrogens is 1. The van der Waals surface area contributed by atoms with E-state index in [9.17, 15) is 9.18 Å². The first-order valence-electron chi connectivity index (χ1n) is 11.6. The van der Waals surface area contributed by atoms with E-state index in [1.165, 1.54) is 17.7 Å². The number of hydrogen-bond acceptors (Lipinski definition) is 5. The van der Waals surface area contributed by atoms with Crippen molar-refractivity contribution < 1.29 is 13.6 Å². The van der Waals surface area contributed by atoms with Gasteiger partial charge < -0.3 is 4.42 Å². The number of aryl methyl sites for hydroxylation is 2. The van der Waals surface area contributed by atoms with Gasteiger partial charge in [0.15, 0.2) is 0 Å². The Hall–Kier alpha value is -2.44. The zero-order valence-electron chi connectivity index (χ0n) is 19.8. The maximum atomic E-state index is 13.0. The van der Waals surface area contributed by atoms with Crippen molar-refractivity contribution in [1.29, 1.82) is 0 Å². The first kappa shape index (κ1) is 25.2. The van der Waals surface area contributed by atoms with Gasteiger partial charge in [0, 0.05) is 24.3 Å². The summed E-state index contributed by atoms with van der Waals surface area (Å²) in [6.07, 6.45) is 2.10. The average molecular weight is 469 g/mol. The van der Waals surface area contributed by atoms with Gasteiger partial charge in [-0.05, 0) is 68.2 Å². The minimum absolute atomic E-state index is 0.229. The fraction of sp³-hybridized carbons (Fsp3) is 0.407. The molecule has 1 aromatic heterocycles. The lowest BCUT2D eigenvalue weighted by atomic mass is 10.1. The highest BCUT2D eigenvalue weighted by atomic mass is 32.2. The van der Waals surface area contributed by atoms with Crippen LogP contribution in [0.1, 0.15) is 49.3 Å². The number of Topliss-reactive ketones (excluding diaryl/α,β-unsaturated/α-hetero) is 1. The molecule has 0 radical (unpaired) electrons. The third kappa shape index (κ3) is 7.83. The molecule has 0 fully saturated rings. The molecule has 0 amide bonds. The zero-order valence-corrected chi connectivity index (χ0v) is 20.6. The summed E-state index contributed by atoms with van der Waals surface area (Å²) >= 11 is 1.57. The molecule has 0 bridgehead atoms. The number of hydrogen-bond donors (Lipinski definition) is 0. The van der Waals surface area contributed by atoms with E-state index < -0.39 is 0 Å². The predicted octanol–water partition coefficient (Wildman–Crippen LogP) is 6.46. The number of nitrogens with zero attached hydrogens (tertiary/aromatic N) is 2. The summed E-state index contributed by atoms with van der Waals surface area (Å²) in [6.45, 7) is 9.29. The molecule has 3 aromatic rings. The summed E-state index contributed by atoms with van der Waals surface area (Å²) in [5.74, 6) is 2.54. The minimum Gasteiger partial charge on any atom is -0.441 e. The van der Waals surface area contributed by atoms with Crippen molar-refractivity contribution in [1.82, 2.24) is 9.88 Å². The predicted molar refractivity (Wildman–Crippen MR) is 134 cm³/mol. The number of halogens is 1. The number of carbonyl (C=O) groups excluding carboxylic acids is 1. The number of rotatable bonds is 13. The largest absolute Gasteiger partial charge is 0.441 e. The highest BCUT2D eigenvalue weighted by molar-refractivity contribution is 7.99. The highest BCUT2D eigenvalue weighted by Crippen LogP contribution is 2.25. The number of carbonyl (C=O) groups is 1. The van der Waals surface area contributed by atoms with E-state index in [1.807, 2.05) is 6.92 Å². The molecule has 1 heterocycles. The van der Waals surface area contributed by atoms with E-state index >= 15 is 0 Å². The van der Waals surface area contributed by atoms with Crippen molar-refractivity contribution in [3.63, 3.8) is 0 Å². The van der Waals surface area contributed by atoms with Crippen LogP contribution in [0, 0.1) is 12.7 Å². The zero-order chi connectivity index (χ0) is 23.6. The quantitative estimate of drug-likeness (QED) is 0.288. The smallest absolute Gasteiger partial charge is 0.226 e. The van der Waals surface area contributed by atoms with Crippen LogP contribution >= 0.6 is 11.8 Å². The van der Waals surface area contributed by atoms with Crippen LogP contribution < -0.4 is 0 Å².